The van der Waals surface area contributed by atoms with Gasteiger partial charge in [-0.1, -0.05) is 6.07 Å². The minimum absolute atomic E-state index is 0.109. The molecule has 0 saturated heterocycles. The lowest BCUT2D eigenvalue weighted by molar-refractivity contribution is 0.0590. The second-order valence-corrected chi connectivity index (χ2v) is 2.64. The third kappa shape index (κ3) is 2.27. The predicted octanol–water partition coefficient (Wildman–Crippen LogP) is -0.106. The molecule has 0 saturated carbocycles. The summed E-state index contributed by atoms with van der Waals surface area (Å²) in [7, 11) is 1.25. The van der Waals surface area contributed by atoms with Gasteiger partial charge >= 0.3 is 5.97 Å². The van der Waals surface area contributed by atoms with Crippen molar-refractivity contribution in [2.75, 3.05) is 13.7 Å². The molecule has 0 aliphatic heterocycles. The van der Waals surface area contributed by atoms with E-state index >= 15 is 0 Å². The summed E-state index contributed by atoms with van der Waals surface area (Å²) in [5.74, 6) is -0.572. The molecule has 0 radical (unpaired) electrons. The van der Waals surface area contributed by atoms with Gasteiger partial charge in [0.25, 0.3) is 0 Å². The Hall–Kier alpha value is -1.46. The number of rotatable bonds is 3. The number of ether oxygens (including phenoxy) is 1. The highest BCUT2D eigenvalue weighted by Gasteiger charge is 2.11. The Kier molecular flexibility index (Phi) is 3.55. The first kappa shape index (κ1) is 10.6. The highest BCUT2D eigenvalue weighted by atomic mass is 16.5. The van der Waals surface area contributed by atoms with Crippen LogP contribution in [0.5, 0.6) is 0 Å². The molecule has 1 rings (SSSR count). The molecule has 0 aliphatic carbocycles. The Morgan fingerprint density at radius 2 is 2.36 bits per heavy atom. The Morgan fingerprint density at radius 1 is 1.64 bits per heavy atom. The van der Waals surface area contributed by atoms with Gasteiger partial charge in [0.2, 0.25) is 0 Å². The van der Waals surface area contributed by atoms with Gasteiger partial charge in [-0.05, 0) is 12.1 Å². The van der Waals surface area contributed by atoms with E-state index in [1.54, 1.807) is 6.07 Å². The van der Waals surface area contributed by atoms with Gasteiger partial charge in [-0.2, -0.15) is 0 Å². The second-order valence-electron chi connectivity index (χ2n) is 2.64. The van der Waals surface area contributed by atoms with Crippen LogP contribution in [-0.4, -0.2) is 34.9 Å². The zero-order valence-corrected chi connectivity index (χ0v) is 7.67. The van der Waals surface area contributed by atoms with E-state index in [4.69, 9.17) is 5.11 Å². The number of carbonyl (C=O) groups is 1. The number of pyridine rings is 1. The van der Waals surface area contributed by atoms with Crippen molar-refractivity contribution in [3.63, 3.8) is 0 Å². The SMILES string of the molecule is COC(=O)c1cccc(C(O)CO)n1. The van der Waals surface area contributed by atoms with Gasteiger partial charge in [0.05, 0.1) is 19.4 Å². The molecule has 0 bridgehead atoms. The highest BCUT2D eigenvalue weighted by Crippen LogP contribution is 2.09. The summed E-state index contributed by atoms with van der Waals surface area (Å²) in [6.07, 6.45) is -1.07. The van der Waals surface area contributed by atoms with Crippen molar-refractivity contribution in [1.29, 1.82) is 0 Å². The predicted molar refractivity (Wildman–Crippen MR) is 47.6 cm³/mol. The minimum atomic E-state index is -1.07. The smallest absolute Gasteiger partial charge is 0.356 e. The first-order valence-corrected chi connectivity index (χ1v) is 4.03. The van der Waals surface area contributed by atoms with Gasteiger partial charge in [-0.15, -0.1) is 0 Å². The number of aromatic nitrogens is 1. The van der Waals surface area contributed by atoms with E-state index in [1.807, 2.05) is 0 Å². The fraction of sp³-hybridized carbons (Fsp3) is 0.333. The first-order valence-electron chi connectivity index (χ1n) is 4.03. The van der Waals surface area contributed by atoms with Gasteiger partial charge in [0.15, 0.2) is 0 Å². The number of hydrogen-bond donors (Lipinski definition) is 2. The van der Waals surface area contributed by atoms with E-state index in [-0.39, 0.29) is 11.4 Å². The lowest BCUT2D eigenvalue weighted by Gasteiger charge is -2.06. The van der Waals surface area contributed by atoms with Crippen molar-refractivity contribution in [3.8, 4) is 0 Å². The van der Waals surface area contributed by atoms with Gasteiger partial charge in [0.1, 0.15) is 11.8 Å². The largest absolute Gasteiger partial charge is 0.464 e. The normalized spacial score (nSPS) is 12.2. The van der Waals surface area contributed by atoms with Crippen LogP contribution in [0.1, 0.15) is 22.3 Å². The summed E-state index contributed by atoms with van der Waals surface area (Å²) in [5.41, 5.74) is 0.355. The van der Waals surface area contributed by atoms with Crippen molar-refractivity contribution in [2.45, 2.75) is 6.10 Å². The molecule has 0 aromatic carbocycles. The molecule has 0 fully saturated rings. The Morgan fingerprint density at radius 3 is 2.93 bits per heavy atom. The van der Waals surface area contributed by atoms with Crippen LogP contribution in [0.4, 0.5) is 0 Å². The van der Waals surface area contributed by atoms with E-state index in [9.17, 15) is 9.90 Å². The van der Waals surface area contributed by atoms with Crippen LogP contribution in [0.2, 0.25) is 0 Å². The van der Waals surface area contributed by atoms with Crippen LogP contribution < -0.4 is 0 Å². The maximum absolute atomic E-state index is 11.0. The van der Waals surface area contributed by atoms with Crippen LogP contribution in [0.25, 0.3) is 0 Å². The van der Waals surface area contributed by atoms with E-state index in [2.05, 4.69) is 9.72 Å². The Bertz CT molecular complexity index is 326. The second kappa shape index (κ2) is 4.69. The summed E-state index contributed by atoms with van der Waals surface area (Å²) in [6.45, 7) is -0.433. The molecule has 5 heteroatoms. The lowest BCUT2D eigenvalue weighted by Crippen LogP contribution is -2.10. The summed E-state index contributed by atoms with van der Waals surface area (Å²) in [4.78, 5) is 14.9. The summed E-state index contributed by atoms with van der Waals surface area (Å²) >= 11 is 0. The van der Waals surface area contributed by atoms with Gasteiger partial charge in [-0.25, -0.2) is 9.78 Å². The van der Waals surface area contributed by atoms with Gasteiger partial charge < -0.3 is 14.9 Å². The number of carbonyl (C=O) groups excluding carboxylic acids is 1. The fourth-order valence-electron chi connectivity index (χ4n) is 0.949. The number of hydrogen-bond acceptors (Lipinski definition) is 5. The van der Waals surface area contributed by atoms with E-state index < -0.39 is 18.7 Å². The van der Waals surface area contributed by atoms with Crippen molar-refractivity contribution in [3.05, 3.63) is 29.6 Å². The number of aliphatic hydroxyl groups excluding tert-OH is 2. The van der Waals surface area contributed by atoms with E-state index in [1.165, 1.54) is 19.2 Å². The molecule has 0 aliphatic rings. The average molecular weight is 197 g/mol. The van der Waals surface area contributed by atoms with E-state index in [0.717, 1.165) is 0 Å². The third-order valence-corrected chi connectivity index (χ3v) is 1.68. The fourth-order valence-corrected chi connectivity index (χ4v) is 0.949. The molecule has 5 nitrogen and oxygen atoms in total. The molecule has 1 unspecified atom stereocenters. The van der Waals surface area contributed by atoms with E-state index in [0.29, 0.717) is 0 Å². The minimum Gasteiger partial charge on any atom is -0.464 e. The maximum Gasteiger partial charge on any atom is 0.356 e. The molecule has 76 valence electrons. The summed E-state index contributed by atoms with van der Waals surface area (Å²) in [6, 6.07) is 4.56. The third-order valence-electron chi connectivity index (χ3n) is 1.68. The van der Waals surface area contributed by atoms with Crippen LogP contribution in [0.15, 0.2) is 18.2 Å². The molecule has 2 N–H and O–H groups in total. The molecule has 1 heterocycles. The zero-order chi connectivity index (χ0) is 10.6. The number of methoxy groups -OCH3 is 1. The van der Waals surface area contributed by atoms with Crippen LogP contribution in [0.3, 0.4) is 0 Å². The van der Waals surface area contributed by atoms with Crippen molar-refractivity contribution in [2.24, 2.45) is 0 Å². The quantitative estimate of drug-likeness (QED) is 0.661. The standard InChI is InChI=1S/C9H11NO4/c1-14-9(13)7-4-2-3-6(10-7)8(12)5-11/h2-4,8,11-12H,5H2,1H3. The molecule has 0 spiro atoms. The highest BCUT2D eigenvalue weighted by molar-refractivity contribution is 5.87. The lowest BCUT2D eigenvalue weighted by atomic mass is 10.2. The van der Waals surface area contributed by atoms with Crippen molar-refractivity contribution >= 4 is 5.97 Å². The molecule has 1 aromatic heterocycles. The monoisotopic (exact) mass is 197 g/mol. The summed E-state index contributed by atoms with van der Waals surface area (Å²) in [5, 5.41) is 17.9. The van der Waals surface area contributed by atoms with Crippen LogP contribution in [-0.2, 0) is 4.74 Å². The number of esters is 1. The molecule has 14 heavy (non-hydrogen) atoms. The van der Waals surface area contributed by atoms with Gasteiger partial charge in [-0.3, -0.25) is 0 Å². The van der Waals surface area contributed by atoms with Crippen molar-refractivity contribution < 1.29 is 19.7 Å². The zero-order valence-electron chi connectivity index (χ0n) is 7.67. The van der Waals surface area contributed by atoms with Gasteiger partial charge in [0, 0.05) is 0 Å². The van der Waals surface area contributed by atoms with Crippen LogP contribution >= 0.6 is 0 Å². The molecular weight excluding hydrogens is 186 g/mol. The average Bonchev–Trinajstić information content (AvgIpc) is 2.27. The molecular formula is C9H11NO4. The maximum atomic E-state index is 11.0. The molecule has 0 amide bonds. The molecule has 1 aromatic rings. The summed E-state index contributed by atoms with van der Waals surface area (Å²) < 4.78 is 4.46. The topological polar surface area (TPSA) is 79.7 Å². The van der Waals surface area contributed by atoms with Crippen molar-refractivity contribution in [1.82, 2.24) is 4.98 Å². The Balaban J connectivity index is 2.95. The first-order chi connectivity index (χ1) is 6.69. The number of aliphatic hydroxyl groups is 2. The Labute approximate surface area is 81.0 Å². The number of nitrogens with zero attached hydrogens (tertiary/aromatic N) is 1. The molecule has 1 atom stereocenters. The van der Waals surface area contributed by atoms with Crippen LogP contribution in [0, 0.1) is 0 Å².